The van der Waals surface area contributed by atoms with E-state index < -0.39 is 0 Å². The van der Waals surface area contributed by atoms with Crippen molar-refractivity contribution >= 4 is 0 Å². The summed E-state index contributed by atoms with van der Waals surface area (Å²) < 4.78 is 5.34. The first-order chi connectivity index (χ1) is 8.01. The molecule has 0 aromatic carbocycles. The van der Waals surface area contributed by atoms with Gasteiger partial charge in [-0.05, 0) is 46.6 Å². The van der Waals surface area contributed by atoms with Crippen molar-refractivity contribution in [2.24, 2.45) is 0 Å². The topological polar surface area (TPSA) is 24.5 Å². The Morgan fingerprint density at radius 3 is 2.65 bits per heavy atom. The molecule has 0 aliphatic carbocycles. The molecule has 17 heavy (non-hydrogen) atoms. The van der Waals surface area contributed by atoms with Gasteiger partial charge in [0.15, 0.2) is 0 Å². The van der Waals surface area contributed by atoms with Crippen molar-refractivity contribution in [1.82, 2.24) is 10.2 Å². The minimum absolute atomic E-state index is 0.157. The van der Waals surface area contributed by atoms with E-state index in [0.29, 0.717) is 12.1 Å². The lowest BCUT2D eigenvalue weighted by Gasteiger charge is -2.47. The normalized spacial score (nSPS) is 27.4. The molecule has 1 saturated heterocycles. The first kappa shape index (κ1) is 14.9. The Morgan fingerprint density at radius 2 is 2.12 bits per heavy atom. The van der Waals surface area contributed by atoms with Crippen LogP contribution in [0.3, 0.4) is 0 Å². The lowest BCUT2D eigenvalue weighted by Crippen LogP contribution is -2.57. The number of hydrogen-bond donors (Lipinski definition) is 1. The van der Waals surface area contributed by atoms with Crippen LogP contribution in [0.4, 0.5) is 0 Å². The van der Waals surface area contributed by atoms with Gasteiger partial charge in [0.2, 0.25) is 0 Å². The van der Waals surface area contributed by atoms with Gasteiger partial charge >= 0.3 is 0 Å². The zero-order valence-electron chi connectivity index (χ0n) is 12.3. The number of nitrogens with one attached hydrogen (secondary N) is 1. The van der Waals surface area contributed by atoms with Crippen molar-refractivity contribution in [1.29, 1.82) is 0 Å². The molecule has 0 radical (unpaired) electrons. The van der Waals surface area contributed by atoms with Gasteiger partial charge in [-0.1, -0.05) is 6.92 Å². The molecule has 0 amide bonds. The fourth-order valence-electron chi connectivity index (χ4n) is 3.04. The van der Waals surface area contributed by atoms with Crippen molar-refractivity contribution in [2.75, 3.05) is 26.8 Å². The zero-order valence-corrected chi connectivity index (χ0v) is 12.3. The molecule has 0 spiro atoms. The third-order valence-electron chi connectivity index (χ3n) is 3.83. The van der Waals surface area contributed by atoms with Crippen LogP contribution in [0.25, 0.3) is 0 Å². The second-order valence-corrected chi connectivity index (χ2v) is 5.96. The number of nitrogens with zero attached hydrogens (tertiary/aromatic N) is 1. The molecule has 102 valence electrons. The molecule has 3 nitrogen and oxygen atoms in total. The molecule has 1 fully saturated rings. The molecule has 0 bridgehead atoms. The van der Waals surface area contributed by atoms with Gasteiger partial charge in [-0.2, -0.15) is 0 Å². The number of methoxy groups -OCH3 is 1. The lowest BCUT2D eigenvalue weighted by atomic mass is 9.92. The van der Waals surface area contributed by atoms with E-state index in [0.717, 1.165) is 13.2 Å². The van der Waals surface area contributed by atoms with Crippen molar-refractivity contribution in [2.45, 2.75) is 64.6 Å². The second kappa shape index (κ2) is 6.72. The van der Waals surface area contributed by atoms with Crippen LogP contribution in [-0.2, 0) is 4.74 Å². The summed E-state index contributed by atoms with van der Waals surface area (Å²) in [6, 6.07) is 1.35. The van der Waals surface area contributed by atoms with Gasteiger partial charge in [-0.15, -0.1) is 0 Å². The largest absolute Gasteiger partial charge is 0.383 e. The maximum atomic E-state index is 5.34. The van der Waals surface area contributed by atoms with Crippen LogP contribution < -0.4 is 5.32 Å². The molecule has 2 unspecified atom stereocenters. The highest BCUT2D eigenvalue weighted by Gasteiger charge is 2.34. The van der Waals surface area contributed by atoms with Gasteiger partial charge in [0, 0.05) is 31.3 Å². The molecule has 1 N–H and O–H groups in total. The molecule has 1 aliphatic heterocycles. The highest BCUT2D eigenvalue weighted by Crippen LogP contribution is 2.26. The van der Waals surface area contributed by atoms with Crippen molar-refractivity contribution in [3.63, 3.8) is 0 Å². The van der Waals surface area contributed by atoms with Crippen LogP contribution in [0.15, 0.2) is 0 Å². The molecule has 3 heteroatoms. The van der Waals surface area contributed by atoms with E-state index >= 15 is 0 Å². The average Bonchev–Trinajstić information content (AvgIpc) is 2.26. The molecule has 0 saturated carbocycles. The fourth-order valence-corrected chi connectivity index (χ4v) is 3.04. The Balaban J connectivity index is 2.47. The zero-order chi connectivity index (χ0) is 12.9. The lowest BCUT2D eigenvalue weighted by molar-refractivity contribution is -0.0124. The standard InChI is InChI=1S/C14H30N2O/c1-6-8-15-13-7-9-16(12(2)10-13)14(3,4)11-17-5/h12-13,15H,6-11H2,1-5H3. The van der Waals surface area contributed by atoms with Crippen LogP contribution in [0.1, 0.15) is 47.0 Å². The molecular formula is C14H30N2O. The quantitative estimate of drug-likeness (QED) is 0.773. The van der Waals surface area contributed by atoms with E-state index in [1.54, 1.807) is 7.11 Å². The van der Waals surface area contributed by atoms with E-state index in [4.69, 9.17) is 4.74 Å². The van der Waals surface area contributed by atoms with E-state index in [2.05, 4.69) is 37.9 Å². The summed E-state index contributed by atoms with van der Waals surface area (Å²) >= 11 is 0. The molecule has 0 aromatic rings. The van der Waals surface area contributed by atoms with Gasteiger partial charge in [-0.3, -0.25) is 4.90 Å². The van der Waals surface area contributed by atoms with Crippen LogP contribution in [-0.4, -0.2) is 49.3 Å². The number of ether oxygens (including phenoxy) is 1. The number of piperidine rings is 1. The summed E-state index contributed by atoms with van der Waals surface area (Å²) in [6.45, 7) is 12.3. The monoisotopic (exact) mass is 242 g/mol. The van der Waals surface area contributed by atoms with Crippen molar-refractivity contribution < 1.29 is 4.74 Å². The average molecular weight is 242 g/mol. The highest BCUT2D eigenvalue weighted by molar-refractivity contribution is 4.91. The summed E-state index contributed by atoms with van der Waals surface area (Å²) in [5, 5.41) is 3.65. The van der Waals surface area contributed by atoms with E-state index in [1.165, 1.54) is 25.8 Å². The van der Waals surface area contributed by atoms with E-state index in [9.17, 15) is 0 Å². The predicted molar refractivity (Wildman–Crippen MR) is 73.4 cm³/mol. The predicted octanol–water partition coefficient (Wildman–Crippen LogP) is 2.26. The van der Waals surface area contributed by atoms with Gasteiger partial charge in [0.25, 0.3) is 0 Å². The SMILES string of the molecule is CCCNC1CCN(C(C)(C)COC)C(C)C1. The fraction of sp³-hybridized carbons (Fsp3) is 1.00. The summed E-state index contributed by atoms with van der Waals surface area (Å²) in [5.74, 6) is 0. The molecule has 1 rings (SSSR count). The third-order valence-corrected chi connectivity index (χ3v) is 3.83. The van der Waals surface area contributed by atoms with Crippen LogP contribution in [0.5, 0.6) is 0 Å². The Kier molecular flexibility index (Phi) is 5.90. The maximum Gasteiger partial charge on any atom is 0.0641 e. The van der Waals surface area contributed by atoms with Gasteiger partial charge in [0.1, 0.15) is 0 Å². The first-order valence-electron chi connectivity index (χ1n) is 7.00. The van der Waals surface area contributed by atoms with E-state index in [-0.39, 0.29) is 5.54 Å². The van der Waals surface area contributed by atoms with Gasteiger partial charge < -0.3 is 10.1 Å². The maximum absolute atomic E-state index is 5.34. The number of likely N-dealkylation sites (tertiary alicyclic amines) is 1. The molecule has 1 heterocycles. The second-order valence-electron chi connectivity index (χ2n) is 5.96. The Bertz CT molecular complexity index is 218. The number of hydrogen-bond acceptors (Lipinski definition) is 3. The minimum atomic E-state index is 0.157. The van der Waals surface area contributed by atoms with Crippen molar-refractivity contribution in [3.8, 4) is 0 Å². The first-order valence-corrected chi connectivity index (χ1v) is 7.00. The molecule has 1 aliphatic rings. The van der Waals surface area contributed by atoms with Crippen molar-refractivity contribution in [3.05, 3.63) is 0 Å². The third kappa shape index (κ3) is 4.23. The number of rotatable bonds is 6. The van der Waals surface area contributed by atoms with Crippen LogP contribution >= 0.6 is 0 Å². The van der Waals surface area contributed by atoms with Gasteiger partial charge in [0.05, 0.1) is 6.61 Å². The minimum Gasteiger partial charge on any atom is -0.383 e. The Morgan fingerprint density at radius 1 is 1.41 bits per heavy atom. The molecule has 2 atom stereocenters. The summed E-state index contributed by atoms with van der Waals surface area (Å²) in [5.41, 5.74) is 0.157. The van der Waals surface area contributed by atoms with Crippen LogP contribution in [0.2, 0.25) is 0 Å². The summed E-state index contributed by atoms with van der Waals surface area (Å²) in [7, 11) is 1.79. The van der Waals surface area contributed by atoms with Crippen LogP contribution in [0, 0.1) is 0 Å². The Labute approximate surface area is 107 Å². The van der Waals surface area contributed by atoms with E-state index in [1.807, 2.05) is 0 Å². The summed E-state index contributed by atoms with van der Waals surface area (Å²) in [4.78, 5) is 2.60. The smallest absolute Gasteiger partial charge is 0.0641 e. The summed E-state index contributed by atoms with van der Waals surface area (Å²) in [6.07, 6.45) is 3.74. The highest BCUT2D eigenvalue weighted by atomic mass is 16.5. The molecule has 0 aromatic heterocycles. The molecular weight excluding hydrogens is 212 g/mol. The van der Waals surface area contributed by atoms with Gasteiger partial charge in [-0.25, -0.2) is 0 Å². The Hall–Kier alpha value is -0.120.